The molecule has 0 spiro atoms. The van der Waals surface area contributed by atoms with Crippen LogP contribution in [0.5, 0.6) is 0 Å². The third-order valence-corrected chi connectivity index (χ3v) is 5.49. The van der Waals surface area contributed by atoms with Crippen molar-refractivity contribution in [3.05, 3.63) is 67.1 Å². The normalized spacial score (nSPS) is 12.5. The number of rotatable bonds is 3. The van der Waals surface area contributed by atoms with E-state index in [1.807, 2.05) is 13.1 Å². The molecule has 0 amide bonds. The van der Waals surface area contributed by atoms with Gasteiger partial charge in [0.1, 0.15) is 0 Å². The Bertz CT molecular complexity index is 653. The molecule has 0 aliphatic carbocycles. The van der Waals surface area contributed by atoms with Crippen molar-refractivity contribution in [2.75, 3.05) is 7.05 Å². The van der Waals surface area contributed by atoms with Gasteiger partial charge in [0.15, 0.2) is 0 Å². The van der Waals surface area contributed by atoms with Crippen molar-refractivity contribution < 1.29 is 0 Å². The van der Waals surface area contributed by atoms with Gasteiger partial charge in [0.05, 0.1) is 11.1 Å². The summed E-state index contributed by atoms with van der Waals surface area (Å²) in [7, 11) is 2.00. The highest BCUT2D eigenvalue weighted by atomic mass is 79.9. The molecule has 0 saturated carbocycles. The second kappa shape index (κ2) is 6.51. The second-order valence-electron chi connectivity index (χ2n) is 5.57. The standard InChI is InChI=1S/C18H21BrClN/c1-10-8-11(2)13(4)17(12(10)3)18(21-5)14-6-7-16(20)15(19)9-14/h6-9,18,21H,1-5H3. The van der Waals surface area contributed by atoms with Gasteiger partial charge in [0.25, 0.3) is 0 Å². The first kappa shape index (κ1) is 16.5. The first-order chi connectivity index (χ1) is 9.86. The highest BCUT2D eigenvalue weighted by molar-refractivity contribution is 9.10. The van der Waals surface area contributed by atoms with Crippen LogP contribution < -0.4 is 5.32 Å². The molecular formula is C18H21BrClN. The fraction of sp³-hybridized carbons (Fsp3) is 0.333. The first-order valence-electron chi connectivity index (χ1n) is 7.06. The van der Waals surface area contributed by atoms with Crippen LogP contribution in [0.1, 0.15) is 39.4 Å². The quantitative estimate of drug-likeness (QED) is 0.740. The van der Waals surface area contributed by atoms with E-state index in [1.54, 1.807) is 0 Å². The van der Waals surface area contributed by atoms with Gasteiger partial charge in [-0.05, 0) is 96.2 Å². The maximum absolute atomic E-state index is 6.12. The number of nitrogens with one attached hydrogen (secondary N) is 1. The first-order valence-corrected chi connectivity index (χ1v) is 8.23. The van der Waals surface area contributed by atoms with Gasteiger partial charge in [0, 0.05) is 4.47 Å². The summed E-state index contributed by atoms with van der Waals surface area (Å²) in [5, 5.41) is 4.19. The summed E-state index contributed by atoms with van der Waals surface area (Å²) in [6.07, 6.45) is 0. The number of halogens is 2. The van der Waals surface area contributed by atoms with Crippen LogP contribution in [0.2, 0.25) is 5.02 Å². The van der Waals surface area contributed by atoms with Crippen LogP contribution in [-0.2, 0) is 0 Å². The molecular weight excluding hydrogens is 346 g/mol. The van der Waals surface area contributed by atoms with Crippen LogP contribution in [-0.4, -0.2) is 7.05 Å². The van der Waals surface area contributed by atoms with E-state index in [0.29, 0.717) is 0 Å². The predicted molar refractivity (Wildman–Crippen MR) is 95.4 cm³/mol. The summed E-state index contributed by atoms with van der Waals surface area (Å²) in [6, 6.07) is 8.56. The Kier molecular flexibility index (Phi) is 5.13. The monoisotopic (exact) mass is 365 g/mol. The summed E-state index contributed by atoms with van der Waals surface area (Å²) in [4.78, 5) is 0. The Morgan fingerprint density at radius 3 is 2.05 bits per heavy atom. The maximum Gasteiger partial charge on any atom is 0.0580 e. The van der Waals surface area contributed by atoms with E-state index in [1.165, 1.54) is 33.4 Å². The predicted octanol–water partition coefficient (Wildman–Crippen LogP) is 5.64. The van der Waals surface area contributed by atoms with Gasteiger partial charge in [-0.1, -0.05) is 23.7 Å². The minimum absolute atomic E-state index is 0.164. The number of hydrogen-bond donors (Lipinski definition) is 1. The molecule has 1 unspecified atom stereocenters. The molecule has 1 N–H and O–H groups in total. The van der Waals surface area contributed by atoms with Crippen LogP contribution in [0.25, 0.3) is 0 Å². The van der Waals surface area contributed by atoms with Gasteiger partial charge in [0.2, 0.25) is 0 Å². The Labute approximate surface area is 140 Å². The Hall–Kier alpha value is -0.830. The van der Waals surface area contributed by atoms with Crippen molar-refractivity contribution >= 4 is 27.5 Å². The lowest BCUT2D eigenvalue weighted by atomic mass is 9.87. The molecule has 0 aromatic heterocycles. The third kappa shape index (κ3) is 3.18. The molecule has 1 nitrogen and oxygen atoms in total. The van der Waals surface area contributed by atoms with E-state index < -0.39 is 0 Å². The number of aryl methyl sites for hydroxylation is 2. The van der Waals surface area contributed by atoms with E-state index in [9.17, 15) is 0 Å². The molecule has 0 aliphatic heterocycles. The van der Waals surface area contributed by atoms with Gasteiger partial charge in [-0.25, -0.2) is 0 Å². The topological polar surface area (TPSA) is 12.0 Å². The molecule has 0 fully saturated rings. The zero-order valence-electron chi connectivity index (χ0n) is 13.1. The lowest BCUT2D eigenvalue weighted by Crippen LogP contribution is -2.20. The van der Waals surface area contributed by atoms with Crippen molar-refractivity contribution in [2.45, 2.75) is 33.7 Å². The summed E-state index contributed by atoms with van der Waals surface area (Å²) < 4.78 is 0.932. The number of benzene rings is 2. The third-order valence-electron chi connectivity index (χ3n) is 4.28. The van der Waals surface area contributed by atoms with E-state index in [-0.39, 0.29) is 6.04 Å². The maximum atomic E-state index is 6.12. The minimum Gasteiger partial charge on any atom is -0.309 e. The highest BCUT2D eigenvalue weighted by Crippen LogP contribution is 2.34. The summed E-state index contributed by atoms with van der Waals surface area (Å²) in [5.41, 5.74) is 7.95. The van der Waals surface area contributed by atoms with Crippen LogP contribution in [0.4, 0.5) is 0 Å². The van der Waals surface area contributed by atoms with E-state index in [0.717, 1.165) is 9.50 Å². The van der Waals surface area contributed by atoms with Crippen LogP contribution in [0.15, 0.2) is 28.7 Å². The molecule has 0 heterocycles. The Morgan fingerprint density at radius 2 is 1.57 bits per heavy atom. The Balaban J connectivity index is 2.64. The Morgan fingerprint density at radius 1 is 1.00 bits per heavy atom. The molecule has 2 aromatic rings. The number of hydrogen-bond acceptors (Lipinski definition) is 1. The van der Waals surface area contributed by atoms with Gasteiger partial charge >= 0.3 is 0 Å². The summed E-state index contributed by atoms with van der Waals surface area (Å²) in [6.45, 7) is 8.75. The van der Waals surface area contributed by atoms with Crippen LogP contribution in [0, 0.1) is 27.7 Å². The lowest BCUT2D eigenvalue weighted by Gasteiger charge is -2.24. The summed E-state index contributed by atoms with van der Waals surface area (Å²) >= 11 is 9.64. The lowest BCUT2D eigenvalue weighted by molar-refractivity contribution is 0.681. The smallest absolute Gasteiger partial charge is 0.0580 e. The van der Waals surface area contributed by atoms with Crippen LogP contribution in [0.3, 0.4) is 0 Å². The molecule has 21 heavy (non-hydrogen) atoms. The van der Waals surface area contributed by atoms with Gasteiger partial charge in [-0.2, -0.15) is 0 Å². The van der Waals surface area contributed by atoms with Crippen LogP contribution >= 0.6 is 27.5 Å². The average molecular weight is 367 g/mol. The zero-order valence-corrected chi connectivity index (χ0v) is 15.5. The van der Waals surface area contributed by atoms with E-state index in [4.69, 9.17) is 11.6 Å². The fourth-order valence-electron chi connectivity index (χ4n) is 2.85. The molecule has 112 valence electrons. The molecule has 2 rings (SSSR count). The van der Waals surface area contributed by atoms with Crippen molar-refractivity contribution in [2.24, 2.45) is 0 Å². The molecule has 0 aliphatic rings. The largest absolute Gasteiger partial charge is 0.309 e. The van der Waals surface area contributed by atoms with Crippen molar-refractivity contribution in [3.8, 4) is 0 Å². The van der Waals surface area contributed by atoms with E-state index >= 15 is 0 Å². The molecule has 3 heteroatoms. The van der Waals surface area contributed by atoms with Crippen molar-refractivity contribution in [3.63, 3.8) is 0 Å². The average Bonchev–Trinajstić information content (AvgIpc) is 2.44. The fourth-order valence-corrected chi connectivity index (χ4v) is 3.36. The van der Waals surface area contributed by atoms with Crippen molar-refractivity contribution in [1.29, 1.82) is 0 Å². The molecule has 2 aromatic carbocycles. The molecule has 0 radical (unpaired) electrons. The van der Waals surface area contributed by atoms with Gasteiger partial charge < -0.3 is 5.32 Å². The van der Waals surface area contributed by atoms with Crippen molar-refractivity contribution in [1.82, 2.24) is 5.32 Å². The SMILES string of the molecule is CNC(c1ccc(Cl)c(Br)c1)c1c(C)c(C)cc(C)c1C. The van der Waals surface area contributed by atoms with Gasteiger partial charge in [-0.15, -0.1) is 0 Å². The zero-order chi connectivity index (χ0) is 15.7. The van der Waals surface area contributed by atoms with E-state index in [2.05, 4.69) is 67.1 Å². The minimum atomic E-state index is 0.164. The van der Waals surface area contributed by atoms with Gasteiger partial charge in [-0.3, -0.25) is 0 Å². The highest BCUT2D eigenvalue weighted by Gasteiger charge is 2.19. The molecule has 0 saturated heterocycles. The molecule has 1 atom stereocenters. The summed E-state index contributed by atoms with van der Waals surface area (Å²) in [5.74, 6) is 0. The second-order valence-corrected chi connectivity index (χ2v) is 6.83. The molecule has 0 bridgehead atoms.